The van der Waals surface area contributed by atoms with E-state index in [1.54, 1.807) is 11.3 Å². The maximum atomic E-state index is 4.48. The summed E-state index contributed by atoms with van der Waals surface area (Å²) in [6.45, 7) is 2.08. The minimum Gasteiger partial charge on any atom is -0.295 e. The molecule has 0 spiro atoms. The first kappa shape index (κ1) is 9.43. The molecule has 0 saturated heterocycles. The zero-order chi connectivity index (χ0) is 10.1. The van der Waals surface area contributed by atoms with Gasteiger partial charge in [-0.15, -0.1) is 0 Å². The van der Waals surface area contributed by atoms with E-state index in [-0.39, 0.29) is 0 Å². The number of thiazole rings is 1. The second-order valence-electron chi connectivity index (χ2n) is 3.50. The number of hydrazine groups is 1. The number of rotatable bonds is 2. The highest BCUT2D eigenvalue weighted by atomic mass is 32.1. The Bertz CT molecular complexity index is 448. The first-order valence-electron chi connectivity index (χ1n) is 4.46. The molecule has 0 amide bonds. The molecule has 0 aliphatic carbocycles. The summed E-state index contributed by atoms with van der Waals surface area (Å²) in [5, 5.41) is 2.83. The van der Waals surface area contributed by atoms with E-state index < -0.39 is 0 Å². The highest BCUT2D eigenvalue weighted by Crippen LogP contribution is 2.26. The van der Waals surface area contributed by atoms with Crippen molar-refractivity contribution in [2.45, 2.75) is 6.92 Å². The van der Waals surface area contributed by atoms with Crippen LogP contribution in [0.4, 0.5) is 5.13 Å². The lowest BCUT2D eigenvalue weighted by Crippen LogP contribution is -2.19. The van der Waals surface area contributed by atoms with Crippen LogP contribution in [0.5, 0.6) is 0 Å². The van der Waals surface area contributed by atoms with Crippen molar-refractivity contribution in [2.24, 2.45) is 0 Å². The van der Waals surface area contributed by atoms with Gasteiger partial charge in [-0.3, -0.25) is 5.43 Å². The molecule has 74 valence electrons. The summed E-state index contributed by atoms with van der Waals surface area (Å²) in [6.07, 6.45) is 0. The van der Waals surface area contributed by atoms with Crippen LogP contribution in [-0.4, -0.2) is 24.1 Å². The SMILES string of the molecule is Cc1ccc2sc(NN(C)C)nc2c1. The number of aryl methyl sites for hydroxylation is 1. The molecule has 0 saturated carbocycles. The Kier molecular flexibility index (Phi) is 2.39. The monoisotopic (exact) mass is 207 g/mol. The van der Waals surface area contributed by atoms with Gasteiger partial charge in [0.15, 0.2) is 5.13 Å². The molecule has 0 aliphatic heterocycles. The van der Waals surface area contributed by atoms with Crippen LogP contribution in [-0.2, 0) is 0 Å². The smallest absolute Gasteiger partial charge is 0.198 e. The standard InChI is InChI=1S/C10H13N3S/c1-7-4-5-9-8(6-7)11-10(14-9)12-13(2)3/h4-6H,1-3H3,(H,11,12). The Morgan fingerprint density at radius 2 is 2.14 bits per heavy atom. The van der Waals surface area contributed by atoms with Crippen molar-refractivity contribution >= 4 is 26.7 Å². The average molecular weight is 207 g/mol. The van der Waals surface area contributed by atoms with Crippen molar-refractivity contribution in [1.29, 1.82) is 0 Å². The summed E-state index contributed by atoms with van der Waals surface area (Å²) in [6, 6.07) is 6.33. The molecule has 4 heteroatoms. The lowest BCUT2D eigenvalue weighted by molar-refractivity contribution is 0.495. The summed E-state index contributed by atoms with van der Waals surface area (Å²) in [5.41, 5.74) is 5.47. The molecule has 14 heavy (non-hydrogen) atoms. The maximum absolute atomic E-state index is 4.48. The van der Waals surface area contributed by atoms with Crippen molar-refractivity contribution in [3.63, 3.8) is 0 Å². The van der Waals surface area contributed by atoms with Crippen LogP contribution in [0.3, 0.4) is 0 Å². The molecule has 1 heterocycles. The Morgan fingerprint density at radius 1 is 1.36 bits per heavy atom. The maximum Gasteiger partial charge on any atom is 0.198 e. The van der Waals surface area contributed by atoms with Gasteiger partial charge in [-0.1, -0.05) is 17.4 Å². The van der Waals surface area contributed by atoms with E-state index in [1.165, 1.54) is 10.3 Å². The molecule has 1 N–H and O–H groups in total. The summed E-state index contributed by atoms with van der Waals surface area (Å²) in [7, 11) is 3.91. The average Bonchev–Trinajstić information content (AvgIpc) is 2.44. The third kappa shape index (κ3) is 1.86. The zero-order valence-electron chi connectivity index (χ0n) is 8.53. The zero-order valence-corrected chi connectivity index (χ0v) is 9.35. The molecular weight excluding hydrogens is 194 g/mol. The number of hydrogen-bond donors (Lipinski definition) is 1. The molecule has 1 aromatic carbocycles. The molecule has 0 bridgehead atoms. The van der Waals surface area contributed by atoms with Gasteiger partial charge in [-0.05, 0) is 24.6 Å². The van der Waals surface area contributed by atoms with Gasteiger partial charge in [0.25, 0.3) is 0 Å². The molecule has 0 unspecified atom stereocenters. The van der Waals surface area contributed by atoms with Gasteiger partial charge >= 0.3 is 0 Å². The third-order valence-electron chi connectivity index (χ3n) is 1.86. The van der Waals surface area contributed by atoms with E-state index in [2.05, 4.69) is 35.5 Å². The van der Waals surface area contributed by atoms with Crippen LogP contribution >= 0.6 is 11.3 Å². The summed E-state index contributed by atoms with van der Waals surface area (Å²) in [4.78, 5) is 4.48. The minimum absolute atomic E-state index is 0.940. The normalized spacial score (nSPS) is 11.1. The molecule has 2 aromatic rings. The number of anilines is 1. The van der Waals surface area contributed by atoms with E-state index in [0.29, 0.717) is 0 Å². The molecule has 0 atom stereocenters. The fraction of sp³-hybridized carbons (Fsp3) is 0.300. The Balaban J connectivity index is 2.41. The number of nitrogens with zero attached hydrogens (tertiary/aromatic N) is 2. The highest BCUT2D eigenvalue weighted by Gasteiger charge is 2.03. The van der Waals surface area contributed by atoms with Crippen LogP contribution < -0.4 is 5.43 Å². The lowest BCUT2D eigenvalue weighted by Gasteiger charge is -2.08. The number of benzene rings is 1. The molecule has 0 fully saturated rings. The van der Waals surface area contributed by atoms with Crippen molar-refractivity contribution in [2.75, 3.05) is 19.5 Å². The highest BCUT2D eigenvalue weighted by molar-refractivity contribution is 7.22. The van der Waals surface area contributed by atoms with Gasteiger partial charge in [0.05, 0.1) is 10.2 Å². The van der Waals surface area contributed by atoms with Crippen molar-refractivity contribution in [1.82, 2.24) is 9.99 Å². The first-order valence-corrected chi connectivity index (χ1v) is 5.28. The Hall–Kier alpha value is -1.13. The van der Waals surface area contributed by atoms with E-state index in [4.69, 9.17) is 0 Å². The van der Waals surface area contributed by atoms with Crippen LogP contribution in [0, 0.1) is 6.92 Å². The van der Waals surface area contributed by atoms with E-state index >= 15 is 0 Å². The van der Waals surface area contributed by atoms with Gasteiger partial charge in [0, 0.05) is 14.1 Å². The summed E-state index contributed by atoms with van der Waals surface area (Å²) >= 11 is 1.67. The lowest BCUT2D eigenvalue weighted by atomic mass is 10.2. The molecule has 1 aromatic heterocycles. The third-order valence-corrected chi connectivity index (χ3v) is 2.80. The second kappa shape index (κ2) is 3.55. The van der Waals surface area contributed by atoms with E-state index in [9.17, 15) is 0 Å². The number of nitrogens with one attached hydrogen (secondary N) is 1. The summed E-state index contributed by atoms with van der Waals surface area (Å²) < 4.78 is 1.22. The van der Waals surface area contributed by atoms with Gasteiger partial charge in [-0.25, -0.2) is 9.99 Å². The second-order valence-corrected chi connectivity index (χ2v) is 4.53. The minimum atomic E-state index is 0.940. The molecular formula is C10H13N3S. The number of hydrogen-bond acceptors (Lipinski definition) is 4. The van der Waals surface area contributed by atoms with Gasteiger partial charge in [0.1, 0.15) is 0 Å². The van der Waals surface area contributed by atoms with Crippen molar-refractivity contribution in [3.8, 4) is 0 Å². The predicted octanol–water partition coefficient (Wildman–Crippen LogP) is 2.49. The van der Waals surface area contributed by atoms with Gasteiger partial charge in [0.2, 0.25) is 0 Å². The number of fused-ring (bicyclic) bond motifs is 1. The first-order chi connectivity index (χ1) is 6.65. The fourth-order valence-corrected chi connectivity index (χ4v) is 2.20. The van der Waals surface area contributed by atoms with E-state index in [0.717, 1.165) is 10.6 Å². The number of aromatic nitrogens is 1. The molecule has 3 nitrogen and oxygen atoms in total. The quantitative estimate of drug-likeness (QED) is 0.767. The fourth-order valence-electron chi connectivity index (χ4n) is 1.28. The topological polar surface area (TPSA) is 28.2 Å². The molecule has 0 aliphatic rings. The Morgan fingerprint density at radius 3 is 2.86 bits per heavy atom. The van der Waals surface area contributed by atoms with Gasteiger partial charge in [-0.2, -0.15) is 0 Å². The molecule has 2 rings (SSSR count). The van der Waals surface area contributed by atoms with Crippen LogP contribution in [0.2, 0.25) is 0 Å². The summed E-state index contributed by atoms with van der Waals surface area (Å²) in [5.74, 6) is 0. The Labute approximate surface area is 87.3 Å². The molecule has 0 radical (unpaired) electrons. The van der Waals surface area contributed by atoms with Crippen molar-refractivity contribution in [3.05, 3.63) is 23.8 Å². The van der Waals surface area contributed by atoms with Crippen molar-refractivity contribution < 1.29 is 0 Å². The van der Waals surface area contributed by atoms with Crippen LogP contribution in [0.25, 0.3) is 10.2 Å². The largest absolute Gasteiger partial charge is 0.295 e. The van der Waals surface area contributed by atoms with Crippen LogP contribution in [0.1, 0.15) is 5.56 Å². The van der Waals surface area contributed by atoms with Gasteiger partial charge < -0.3 is 0 Å². The van der Waals surface area contributed by atoms with E-state index in [1.807, 2.05) is 19.1 Å². The predicted molar refractivity (Wildman–Crippen MR) is 61.7 cm³/mol. The van der Waals surface area contributed by atoms with Crippen LogP contribution in [0.15, 0.2) is 18.2 Å².